The summed E-state index contributed by atoms with van der Waals surface area (Å²) in [7, 11) is 0. The Morgan fingerprint density at radius 1 is 1.30 bits per heavy atom. The number of aliphatic carboxylic acids is 1. The van der Waals surface area contributed by atoms with Gasteiger partial charge in [-0.3, -0.25) is 9.59 Å². The number of anilines is 1. The van der Waals surface area contributed by atoms with Crippen LogP contribution in [0.15, 0.2) is 4.63 Å². The van der Waals surface area contributed by atoms with E-state index in [1.165, 1.54) is 0 Å². The van der Waals surface area contributed by atoms with Crippen LogP contribution in [0.25, 0.3) is 0 Å². The number of carbonyl (C=O) groups is 2. The summed E-state index contributed by atoms with van der Waals surface area (Å²) in [5.74, 6) is -1.40. The van der Waals surface area contributed by atoms with Crippen molar-refractivity contribution in [2.75, 3.05) is 12.3 Å². The van der Waals surface area contributed by atoms with Crippen LogP contribution in [0, 0.1) is 5.41 Å². The summed E-state index contributed by atoms with van der Waals surface area (Å²) < 4.78 is 4.37. The van der Waals surface area contributed by atoms with Gasteiger partial charge in [0.1, 0.15) is 0 Å². The van der Waals surface area contributed by atoms with Crippen molar-refractivity contribution < 1.29 is 19.3 Å². The molecule has 1 aliphatic rings. The number of carboxylic acids is 1. The molecule has 8 heteroatoms. The van der Waals surface area contributed by atoms with Crippen molar-refractivity contribution in [3.05, 3.63) is 5.69 Å². The monoisotopic (exact) mass is 282 g/mol. The zero-order chi connectivity index (χ0) is 14.6. The molecule has 2 rings (SSSR count). The molecule has 1 fully saturated rings. The largest absolute Gasteiger partial charge is 0.481 e. The Morgan fingerprint density at radius 2 is 2.00 bits per heavy atom. The second-order valence-electron chi connectivity index (χ2n) is 5.31. The molecule has 8 nitrogen and oxygen atoms in total. The summed E-state index contributed by atoms with van der Waals surface area (Å²) in [6.07, 6.45) is 4.72. The van der Waals surface area contributed by atoms with E-state index in [4.69, 9.17) is 10.8 Å². The molecular weight excluding hydrogens is 264 g/mol. The van der Waals surface area contributed by atoms with E-state index in [2.05, 4.69) is 20.3 Å². The Bertz CT molecular complexity index is 493. The maximum atomic E-state index is 11.9. The van der Waals surface area contributed by atoms with Crippen molar-refractivity contribution in [2.45, 2.75) is 38.5 Å². The fraction of sp³-hybridized carbons (Fsp3) is 0.667. The lowest BCUT2D eigenvalue weighted by atomic mass is 9.71. The van der Waals surface area contributed by atoms with Crippen LogP contribution in [0.5, 0.6) is 0 Å². The van der Waals surface area contributed by atoms with Gasteiger partial charge in [-0.15, -0.1) is 0 Å². The molecule has 0 radical (unpaired) electrons. The maximum Gasteiger partial charge on any atom is 0.303 e. The second-order valence-corrected chi connectivity index (χ2v) is 5.31. The molecule has 110 valence electrons. The molecule has 0 aliphatic heterocycles. The molecule has 0 unspecified atom stereocenters. The summed E-state index contributed by atoms with van der Waals surface area (Å²) in [6.45, 7) is 0.296. The van der Waals surface area contributed by atoms with Crippen molar-refractivity contribution in [2.24, 2.45) is 5.41 Å². The minimum Gasteiger partial charge on any atom is -0.481 e. The summed E-state index contributed by atoms with van der Waals surface area (Å²) >= 11 is 0. The molecule has 4 N–H and O–H groups in total. The number of nitrogens with one attached hydrogen (secondary N) is 1. The number of nitrogen functional groups attached to an aromatic ring is 1. The fourth-order valence-corrected chi connectivity index (χ4v) is 2.74. The van der Waals surface area contributed by atoms with Gasteiger partial charge in [0, 0.05) is 6.54 Å². The van der Waals surface area contributed by atoms with Crippen LogP contribution >= 0.6 is 0 Å². The summed E-state index contributed by atoms with van der Waals surface area (Å²) in [5, 5.41) is 18.5. The molecule has 0 atom stereocenters. The average Bonchev–Trinajstić information content (AvgIpc) is 2.83. The van der Waals surface area contributed by atoms with Gasteiger partial charge in [0.05, 0.1) is 6.42 Å². The highest BCUT2D eigenvalue weighted by Gasteiger charge is 2.35. The first-order valence-corrected chi connectivity index (χ1v) is 6.60. The lowest BCUT2D eigenvalue weighted by molar-refractivity contribution is -0.140. The molecule has 0 spiro atoms. The number of rotatable bonds is 5. The van der Waals surface area contributed by atoms with E-state index in [1.807, 2.05) is 0 Å². The first kappa shape index (κ1) is 14.3. The lowest BCUT2D eigenvalue weighted by Gasteiger charge is -2.36. The van der Waals surface area contributed by atoms with E-state index in [1.54, 1.807) is 0 Å². The van der Waals surface area contributed by atoms with Crippen molar-refractivity contribution in [1.82, 2.24) is 15.6 Å². The molecule has 1 heterocycles. The molecule has 0 saturated heterocycles. The van der Waals surface area contributed by atoms with E-state index in [0.29, 0.717) is 6.54 Å². The number of hydrogen-bond donors (Lipinski definition) is 3. The number of nitrogens with two attached hydrogens (primary N) is 1. The topological polar surface area (TPSA) is 131 Å². The molecule has 0 aromatic carbocycles. The van der Waals surface area contributed by atoms with Crippen LogP contribution in [0.2, 0.25) is 0 Å². The average molecular weight is 282 g/mol. The van der Waals surface area contributed by atoms with Gasteiger partial charge in [-0.25, -0.2) is 4.63 Å². The third-order valence-corrected chi connectivity index (χ3v) is 3.79. The van der Waals surface area contributed by atoms with Crippen molar-refractivity contribution in [3.8, 4) is 0 Å². The number of amides is 1. The van der Waals surface area contributed by atoms with Gasteiger partial charge < -0.3 is 16.2 Å². The first-order chi connectivity index (χ1) is 9.52. The van der Waals surface area contributed by atoms with Crippen LogP contribution < -0.4 is 11.1 Å². The predicted octanol–water partition coefficient (Wildman–Crippen LogP) is 0.807. The van der Waals surface area contributed by atoms with Crippen LogP contribution in [-0.4, -0.2) is 33.8 Å². The summed E-state index contributed by atoms with van der Waals surface area (Å²) in [4.78, 5) is 22.9. The number of carboxylic acid groups (broad SMARTS) is 1. The second kappa shape index (κ2) is 5.89. The van der Waals surface area contributed by atoms with E-state index < -0.39 is 11.9 Å². The lowest BCUT2D eigenvalue weighted by Crippen LogP contribution is -2.40. The van der Waals surface area contributed by atoms with Gasteiger partial charge in [0.15, 0.2) is 0 Å². The maximum absolute atomic E-state index is 11.9. The molecule has 1 aliphatic carbocycles. The number of hydrogen-bond acceptors (Lipinski definition) is 6. The van der Waals surface area contributed by atoms with Crippen LogP contribution in [0.3, 0.4) is 0 Å². The van der Waals surface area contributed by atoms with Crippen LogP contribution in [-0.2, 0) is 4.79 Å². The third-order valence-electron chi connectivity index (χ3n) is 3.79. The summed E-state index contributed by atoms with van der Waals surface area (Å²) in [6, 6.07) is 0. The van der Waals surface area contributed by atoms with Gasteiger partial charge in [-0.1, -0.05) is 19.3 Å². The summed E-state index contributed by atoms with van der Waals surface area (Å²) in [5.41, 5.74) is 4.99. The zero-order valence-electron chi connectivity index (χ0n) is 11.1. The van der Waals surface area contributed by atoms with E-state index in [-0.39, 0.29) is 23.3 Å². The van der Waals surface area contributed by atoms with Gasteiger partial charge in [-0.2, -0.15) is 0 Å². The highest BCUT2D eigenvalue weighted by Crippen LogP contribution is 2.38. The minimum absolute atomic E-state index is 0.0554. The number of nitrogens with zero attached hydrogens (tertiary/aromatic N) is 2. The standard InChI is InChI=1S/C12H18N4O4/c13-10-9(15-20-16-10)11(19)14-7-12(6-8(17)18)4-2-1-3-5-12/h1-7H2,(H2,13,16)(H,14,19)(H,17,18). The molecule has 1 saturated carbocycles. The smallest absolute Gasteiger partial charge is 0.303 e. The highest BCUT2D eigenvalue weighted by molar-refractivity contribution is 5.96. The first-order valence-electron chi connectivity index (χ1n) is 6.60. The SMILES string of the molecule is Nc1nonc1C(=O)NCC1(CC(=O)O)CCCCC1. The number of aromatic nitrogens is 2. The Hall–Kier alpha value is -2.12. The van der Waals surface area contributed by atoms with Gasteiger partial charge >= 0.3 is 5.97 Å². The highest BCUT2D eigenvalue weighted by atomic mass is 16.6. The Balaban J connectivity index is 2.00. The van der Waals surface area contributed by atoms with Gasteiger partial charge in [-0.05, 0) is 28.6 Å². The van der Waals surface area contributed by atoms with Crippen LogP contribution in [0.4, 0.5) is 5.82 Å². The van der Waals surface area contributed by atoms with Crippen molar-refractivity contribution in [3.63, 3.8) is 0 Å². The molecule has 1 aromatic heterocycles. The third kappa shape index (κ3) is 3.25. The number of carbonyl (C=O) groups excluding carboxylic acids is 1. The quantitative estimate of drug-likeness (QED) is 0.727. The Morgan fingerprint density at radius 3 is 2.55 bits per heavy atom. The zero-order valence-corrected chi connectivity index (χ0v) is 11.1. The predicted molar refractivity (Wildman–Crippen MR) is 68.8 cm³/mol. The molecule has 1 aromatic rings. The Labute approximate surface area is 115 Å². The molecular formula is C12H18N4O4. The molecule has 1 amide bonds. The van der Waals surface area contributed by atoms with Crippen LogP contribution in [0.1, 0.15) is 49.0 Å². The van der Waals surface area contributed by atoms with E-state index in [9.17, 15) is 9.59 Å². The molecule has 0 bridgehead atoms. The van der Waals surface area contributed by atoms with Gasteiger partial charge in [0.2, 0.25) is 11.5 Å². The van der Waals surface area contributed by atoms with Crippen molar-refractivity contribution in [1.29, 1.82) is 0 Å². The minimum atomic E-state index is -0.844. The van der Waals surface area contributed by atoms with E-state index >= 15 is 0 Å². The fourth-order valence-electron chi connectivity index (χ4n) is 2.74. The Kier molecular flexibility index (Phi) is 4.21. The molecule has 20 heavy (non-hydrogen) atoms. The van der Waals surface area contributed by atoms with Gasteiger partial charge in [0.25, 0.3) is 5.91 Å². The van der Waals surface area contributed by atoms with Crippen molar-refractivity contribution >= 4 is 17.7 Å². The normalized spacial score (nSPS) is 17.6. The van der Waals surface area contributed by atoms with E-state index in [0.717, 1.165) is 32.1 Å².